The molecule has 0 saturated heterocycles. The number of nitrogens with zero attached hydrogens (tertiary/aromatic N) is 3. The monoisotopic (exact) mass is 1040 g/mol. The standard InChI is InChI=1S/C79H51N3/c1-3-22-53(23-4-1)58-26-7-8-28-60(58)63-30-11-17-38-73(63)81(57-46-42-52(43-47-57)54-45-49-76-67(50-54)65-32-13-18-39-74(65)80(76)56-24-5-2-6-25-56)72-37-16-10-27-59(72)55-44-48-62-61-29-9-14-34-68(61)79(71(62)51-55)69-35-15-20-41-77(69)82-75-40-19-12-31-64(75)66-33-21-36-70(79)78(66)82/h1-51H. The lowest BCUT2D eigenvalue weighted by molar-refractivity contribution is 0.749. The number of benzene rings is 13. The van der Waals surface area contributed by atoms with Gasteiger partial charge in [0, 0.05) is 44.0 Å². The zero-order valence-electron chi connectivity index (χ0n) is 44.8. The first-order chi connectivity index (χ1) is 40.7. The minimum atomic E-state index is -0.583. The number of anilines is 3. The summed E-state index contributed by atoms with van der Waals surface area (Å²) in [7, 11) is 0. The Hall–Kier alpha value is -10.7. The van der Waals surface area contributed by atoms with Crippen molar-refractivity contribution < 1.29 is 0 Å². The summed E-state index contributed by atoms with van der Waals surface area (Å²) in [5.41, 5.74) is 27.0. The molecule has 0 fully saturated rings. The fourth-order valence-corrected chi connectivity index (χ4v) is 14.3. The molecule has 3 heterocycles. The van der Waals surface area contributed by atoms with Crippen molar-refractivity contribution >= 4 is 60.7 Å². The van der Waals surface area contributed by atoms with Gasteiger partial charge in [0.1, 0.15) is 0 Å². The van der Waals surface area contributed by atoms with Crippen molar-refractivity contribution in [2.24, 2.45) is 0 Å². The second-order valence-electron chi connectivity index (χ2n) is 21.9. The molecule has 3 heteroatoms. The van der Waals surface area contributed by atoms with Gasteiger partial charge in [0.15, 0.2) is 0 Å². The molecule has 0 saturated carbocycles. The molecule has 1 aliphatic carbocycles. The highest BCUT2D eigenvalue weighted by Gasteiger charge is 2.51. The van der Waals surface area contributed by atoms with Gasteiger partial charge in [-0.1, -0.05) is 237 Å². The fourth-order valence-electron chi connectivity index (χ4n) is 14.3. The van der Waals surface area contributed by atoms with Crippen molar-refractivity contribution in [1.29, 1.82) is 0 Å². The molecule has 13 aromatic carbocycles. The summed E-state index contributed by atoms with van der Waals surface area (Å²) < 4.78 is 4.91. The minimum absolute atomic E-state index is 0.583. The van der Waals surface area contributed by atoms with Crippen LogP contribution < -0.4 is 4.90 Å². The number of hydrogen-bond donors (Lipinski definition) is 0. The molecular weight excluding hydrogens is 991 g/mol. The molecule has 2 aromatic heterocycles. The molecule has 1 spiro atoms. The van der Waals surface area contributed by atoms with E-state index < -0.39 is 5.41 Å². The van der Waals surface area contributed by atoms with Crippen molar-refractivity contribution in [1.82, 2.24) is 9.13 Å². The summed E-state index contributed by atoms with van der Waals surface area (Å²) in [5, 5.41) is 5.02. The first-order valence-electron chi connectivity index (χ1n) is 28.4. The van der Waals surface area contributed by atoms with E-state index in [9.17, 15) is 0 Å². The van der Waals surface area contributed by atoms with Crippen molar-refractivity contribution in [3.05, 3.63) is 332 Å². The molecule has 2 aliphatic rings. The summed E-state index contributed by atoms with van der Waals surface area (Å²) in [4.78, 5) is 2.50. The smallest absolute Gasteiger partial charge is 0.0754 e. The van der Waals surface area contributed by atoms with Gasteiger partial charge >= 0.3 is 0 Å². The van der Waals surface area contributed by atoms with Crippen LogP contribution in [0.2, 0.25) is 0 Å². The van der Waals surface area contributed by atoms with Crippen LogP contribution in [0.1, 0.15) is 22.3 Å². The number of hydrogen-bond acceptors (Lipinski definition) is 1. The molecule has 0 amide bonds. The fraction of sp³-hybridized carbons (Fsp3) is 0.0127. The second kappa shape index (κ2) is 18.2. The molecule has 1 unspecified atom stereocenters. The largest absolute Gasteiger partial charge is 0.309 e. The topological polar surface area (TPSA) is 13.1 Å². The third kappa shape index (κ3) is 6.65. The Kier molecular flexibility index (Phi) is 10.2. The highest BCUT2D eigenvalue weighted by Crippen LogP contribution is 2.62. The van der Waals surface area contributed by atoms with Crippen molar-refractivity contribution in [2.45, 2.75) is 5.41 Å². The van der Waals surface area contributed by atoms with Gasteiger partial charge in [-0.2, -0.15) is 0 Å². The number of para-hydroxylation sites is 7. The summed E-state index contributed by atoms with van der Waals surface area (Å²) in [5.74, 6) is 0. The molecule has 0 N–H and O–H groups in total. The van der Waals surface area contributed by atoms with E-state index in [4.69, 9.17) is 0 Å². The predicted octanol–water partition coefficient (Wildman–Crippen LogP) is 20.7. The highest BCUT2D eigenvalue weighted by atomic mass is 15.1. The Morgan fingerprint density at radius 2 is 0.780 bits per heavy atom. The van der Waals surface area contributed by atoms with E-state index in [-0.39, 0.29) is 0 Å². The van der Waals surface area contributed by atoms with Crippen LogP contribution >= 0.6 is 0 Å². The first-order valence-corrected chi connectivity index (χ1v) is 28.4. The molecule has 17 rings (SSSR count). The average molecular weight is 1040 g/mol. The van der Waals surface area contributed by atoms with E-state index in [1.165, 1.54) is 105 Å². The second-order valence-corrected chi connectivity index (χ2v) is 21.9. The van der Waals surface area contributed by atoms with Crippen molar-refractivity contribution in [3.8, 4) is 67.0 Å². The summed E-state index contributed by atoms with van der Waals surface area (Å²) in [6.07, 6.45) is 0. The van der Waals surface area contributed by atoms with Crippen LogP contribution in [0.15, 0.2) is 309 Å². The van der Waals surface area contributed by atoms with Crippen molar-refractivity contribution in [2.75, 3.05) is 4.90 Å². The van der Waals surface area contributed by atoms with Gasteiger partial charge in [-0.3, -0.25) is 0 Å². The molecule has 382 valence electrons. The molecule has 0 bridgehead atoms. The molecule has 3 nitrogen and oxygen atoms in total. The van der Waals surface area contributed by atoms with Crippen LogP contribution in [0.25, 0.3) is 111 Å². The maximum atomic E-state index is 2.53. The van der Waals surface area contributed by atoms with Gasteiger partial charge < -0.3 is 14.0 Å². The lowest BCUT2D eigenvalue weighted by Gasteiger charge is -2.39. The van der Waals surface area contributed by atoms with Gasteiger partial charge in [-0.15, -0.1) is 0 Å². The Balaban J connectivity index is 0.871. The summed E-state index contributed by atoms with van der Waals surface area (Å²) >= 11 is 0. The van der Waals surface area contributed by atoms with Gasteiger partial charge in [-0.25, -0.2) is 0 Å². The van der Waals surface area contributed by atoms with Crippen LogP contribution in [0.4, 0.5) is 17.1 Å². The molecule has 0 radical (unpaired) electrons. The quantitative estimate of drug-likeness (QED) is 0.148. The number of aromatic nitrogens is 2. The van der Waals surface area contributed by atoms with Gasteiger partial charge in [0.05, 0.1) is 44.5 Å². The minimum Gasteiger partial charge on any atom is -0.309 e. The zero-order valence-corrected chi connectivity index (χ0v) is 44.8. The lowest BCUT2D eigenvalue weighted by Crippen LogP contribution is -2.33. The summed E-state index contributed by atoms with van der Waals surface area (Å²) in [6, 6.07) is 115. The van der Waals surface area contributed by atoms with E-state index in [0.717, 1.165) is 45.0 Å². The first kappa shape index (κ1) is 46.2. The lowest BCUT2D eigenvalue weighted by atomic mass is 9.65. The van der Waals surface area contributed by atoms with E-state index in [1.807, 2.05) is 0 Å². The molecule has 1 atom stereocenters. The van der Waals surface area contributed by atoms with E-state index in [1.54, 1.807) is 0 Å². The number of fused-ring (bicyclic) bond motifs is 15. The third-order valence-corrected chi connectivity index (χ3v) is 17.7. The van der Waals surface area contributed by atoms with Gasteiger partial charge in [0.2, 0.25) is 0 Å². The van der Waals surface area contributed by atoms with Crippen LogP contribution in [-0.4, -0.2) is 9.13 Å². The molecule has 82 heavy (non-hydrogen) atoms. The Labute approximate surface area is 476 Å². The van der Waals surface area contributed by atoms with Crippen LogP contribution in [0.5, 0.6) is 0 Å². The Morgan fingerprint density at radius 3 is 1.56 bits per heavy atom. The maximum Gasteiger partial charge on any atom is 0.0754 e. The molecular formula is C79H51N3. The Bertz CT molecular complexity index is 5040. The van der Waals surface area contributed by atoms with E-state index >= 15 is 0 Å². The van der Waals surface area contributed by atoms with Crippen LogP contribution in [0.3, 0.4) is 0 Å². The summed E-state index contributed by atoms with van der Waals surface area (Å²) in [6.45, 7) is 0. The Morgan fingerprint density at radius 1 is 0.256 bits per heavy atom. The van der Waals surface area contributed by atoms with E-state index in [0.29, 0.717) is 0 Å². The SMILES string of the molecule is c1ccc(-c2ccccc2-c2ccccc2N(c2ccc(-c3ccc4c(c3)c3ccccc3n4-c3ccccc3)cc2)c2ccccc2-c2ccc3c(c2)C2(c4ccccc4-3)c3ccccc3-n3c4ccccc4c4cccc2c43)cc1. The average Bonchev–Trinajstić information content (AvgIpc) is 1.96. The van der Waals surface area contributed by atoms with Crippen LogP contribution in [-0.2, 0) is 5.41 Å². The van der Waals surface area contributed by atoms with Crippen molar-refractivity contribution in [3.63, 3.8) is 0 Å². The highest BCUT2D eigenvalue weighted by molar-refractivity contribution is 6.13. The van der Waals surface area contributed by atoms with E-state index in [2.05, 4.69) is 323 Å². The van der Waals surface area contributed by atoms with Crippen LogP contribution in [0, 0.1) is 0 Å². The molecule has 1 aliphatic heterocycles. The maximum absolute atomic E-state index is 2.53. The normalized spacial score (nSPS) is 13.9. The number of rotatable bonds is 8. The zero-order chi connectivity index (χ0) is 53.9. The third-order valence-electron chi connectivity index (χ3n) is 17.7. The molecule has 15 aromatic rings. The predicted molar refractivity (Wildman–Crippen MR) is 342 cm³/mol. The van der Waals surface area contributed by atoms with Gasteiger partial charge in [0.25, 0.3) is 0 Å². The van der Waals surface area contributed by atoms with Gasteiger partial charge in [-0.05, 0) is 140 Å².